The van der Waals surface area contributed by atoms with Gasteiger partial charge in [-0.05, 0) is 19.1 Å². The lowest BCUT2D eigenvalue weighted by molar-refractivity contribution is -0.380. The van der Waals surface area contributed by atoms with Gasteiger partial charge < -0.3 is 82.8 Å². The Hall–Kier alpha value is -5.25. The quantitative estimate of drug-likeness (QED) is 0.0860. The number of para-hydroxylation sites is 2. The van der Waals surface area contributed by atoms with Gasteiger partial charge in [0.15, 0.2) is 49.2 Å². The number of nitrogens with one attached hydrogen (secondary N) is 1. The molecule has 1 aromatic carbocycles. The fraction of sp³-hybridized carbons (Fsp3) is 0.658. The van der Waals surface area contributed by atoms with Crippen molar-refractivity contribution in [2.24, 2.45) is 0 Å². The fourth-order valence-corrected chi connectivity index (χ4v) is 7.07. The van der Waals surface area contributed by atoms with Crippen LogP contribution in [0, 0.1) is 5.21 Å². The molecule has 15 atom stereocenters. The third kappa shape index (κ3) is 13.4. The van der Waals surface area contributed by atoms with E-state index in [1.165, 1.54) is 31.2 Å². The molecule has 4 rings (SSSR count). The molecule has 3 aliphatic rings. The summed E-state index contributed by atoms with van der Waals surface area (Å²) in [6, 6.07) is 3.65. The normalized spacial score (nSPS) is 32.8. The molecular formula is C38H51N2O23-. The predicted molar refractivity (Wildman–Crippen MR) is 201 cm³/mol. The minimum atomic E-state index is -2.02. The molecule has 63 heavy (non-hydrogen) atoms. The van der Waals surface area contributed by atoms with Crippen molar-refractivity contribution in [1.29, 1.82) is 0 Å². The maximum Gasteiger partial charge on any atom is 0.303 e. The molecule has 25 nitrogen and oxygen atoms in total. The number of carbonyl (C=O) groups is 7. The number of hydrogen-bond acceptors (Lipinski definition) is 24. The van der Waals surface area contributed by atoms with E-state index in [9.17, 15) is 54.2 Å². The van der Waals surface area contributed by atoms with Gasteiger partial charge in [-0.3, -0.25) is 38.8 Å². The highest BCUT2D eigenvalue weighted by Gasteiger charge is 2.59. The van der Waals surface area contributed by atoms with Gasteiger partial charge in [-0.1, -0.05) is 12.1 Å². The summed E-state index contributed by atoms with van der Waals surface area (Å²) in [5.41, 5.74) is -0.419. The molecule has 3 saturated heterocycles. The van der Waals surface area contributed by atoms with Crippen molar-refractivity contribution < 1.29 is 106 Å². The van der Waals surface area contributed by atoms with Crippen molar-refractivity contribution in [2.75, 3.05) is 18.4 Å². The average molecular weight is 904 g/mol. The van der Waals surface area contributed by atoms with Crippen LogP contribution in [0.25, 0.3) is 0 Å². The van der Waals surface area contributed by atoms with Crippen molar-refractivity contribution >= 4 is 47.4 Å². The first kappa shape index (κ1) is 50.4. The minimum Gasteiger partial charge on any atom is -0.733 e. The molecular weight excluding hydrogens is 852 g/mol. The molecule has 352 valence electrons. The van der Waals surface area contributed by atoms with Crippen molar-refractivity contribution in [3.05, 3.63) is 29.5 Å². The molecule has 0 aromatic heterocycles. The van der Waals surface area contributed by atoms with Crippen molar-refractivity contribution in [2.45, 2.75) is 147 Å². The second-order valence-corrected chi connectivity index (χ2v) is 14.4. The third-order valence-electron chi connectivity index (χ3n) is 9.40. The van der Waals surface area contributed by atoms with E-state index in [2.05, 4.69) is 5.32 Å². The van der Waals surface area contributed by atoms with Crippen LogP contribution in [-0.4, -0.2) is 162 Å². The van der Waals surface area contributed by atoms with E-state index < -0.39 is 158 Å². The van der Waals surface area contributed by atoms with Crippen molar-refractivity contribution in [3.63, 3.8) is 0 Å². The van der Waals surface area contributed by atoms with Crippen LogP contribution in [-0.2, 0) is 85.7 Å². The predicted octanol–water partition coefficient (Wildman–Crippen LogP) is -1.20. The highest BCUT2D eigenvalue weighted by molar-refractivity contribution is 5.73. The van der Waals surface area contributed by atoms with Gasteiger partial charge in [0.25, 0.3) is 0 Å². The van der Waals surface area contributed by atoms with E-state index in [4.69, 9.17) is 56.8 Å². The Labute approximate surface area is 359 Å². The maximum atomic E-state index is 12.8. The molecule has 3 heterocycles. The maximum absolute atomic E-state index is 12.8. The Kier molecular flexibility index (Phi) is 17.9. The highest BCUT2D eigenvalue weighted by atomic mass is 16.8. The number of benzene rings is 1. The molecule has 0 aliphatic carbocycles. The molecule has 3 aliphatic heterocycles. The summed E-state index contributed by atoms with van der Waals surface area (Å²) in [5, 5.41) is 45.8. The summed E-state index contributed by atoms with van der Waals surface area (Å²) in [6.07, 6.45) is -23.9. The Morgan fingerprint density at radius 1 is 0.651 bits per heavy atom. The number of aliphatic hydroxyl groups excluding tert-OH is 2. The molecule has 1 aromatic rings. The summed E-state index contributed by atoms with van der Waals surface area (Å²) in [5.74, 6) is -6.57. The Morgan fingerprint density at radius 2 is 1.14 bits per heavy atom. The fourth-order valence-electron chi connectivity index (χ4n) is 7.07. The number of rotatable bonds is 16. The van der Waals surface area contributed by atoms with E-state index in [0.29, 0.717) is 0 Å². The second-order valence-electron chi connectivity index (χ2n) is 14.4. The first-order valence-electron chi connectivity index (χ1n) is 19.4. The van der Waals surface area contributed by atoms with Crippen LogP contribution >= 0.6 is 0 Å². The van der Waals surface area contributed by atoms with E-state index in [-0.39, 0.29) is 5.75 Å². The van der Waals surface area contributed by atoms with Gasteiger partial charge in [-0.2, -0.15) is 0 Å². The van der Waals surface area contributed by atoms with Gasteiger partial charge in [-0.15, -0.1) is 0 Å². The number of ether oxygens (including phenoxy) is 12. The minimum absolute atomic E-state index is 0.299. The lowest BCUT2D eigenvalue weighted by atomic mass is 9.94. The van der Waals surface area contributed by atoms with Gasteiger partial charge >= 0.3 is 35.8 Å². The zero-order valence-corrected chi connectivity index (χ0v) is 35.3. The number of carbonyl (C=O) groups excluding carboxylic acids is 7. The monoisotopic (exact) mass is 903 g/mol. The average Bonchev–Trinajstić information content (AvgIpc) is 3.17. The Morgan fingerprint density at radius 3 is 1.68 bits per heavy atom. The standard InChI is InChI=1S/C38H51N2O23/c1-15-29(54-18(4)44)32(56-20(6)46)34(58-22(8)48)37(53-15)63-35-33(57-21(7)47)30(55-19(5)45)26(14-52-17(3)43)61-38(35)62-31-27(39-16(2)42)36(60-25(13-41)28(31)49)59-24-12-10-9-11-23(24)40(50)51/h9-12,15,25-38,41,49-50H,13-14H2,1-8H3,(H,39,42)/q-1. The lowest BCUT2D eigenvalue weighted by Gasteiger charge is -2.50. The van der Waals surface area contributed by atoms with Gasteiger partial charge in [0.05, 0.1) is 18.4 Å². The van der Waals surface area contributed by atoms with Crippen LogP contribution in [0.5, 0.6) is 5.75 Å². The van der Waals surface area contributed by atoms with Gasteiger partial charge in [0.1, 0.15) is 42.8 Å². The van der Waals surface area contributed by atoms with Crippen LogP contribution < -0.4 is 15.3 Å². The van der Waals surface area contributed by atoms with E-state index in [1.807, 2.05) is 0 Å². The van der Waals surface area contributed by atoms with Crippen LogP contribution in [0.15, 0.2) is 24.3 Å². The van der Waals surface area contributed by atoms with Gasteiger partial charge in [0.2, 0.25) is 12.2 Å². The van der Waals surface area contributed by atoms with Crippen LogP contribution in [0.4, 0.5) is 5.69 Å². The lowest BCUT2D eigenvalue weighted by Crippen LogP contribution is -2.70. The molecule has 0 radical (unpaired) electrons. The largest absolute Gasteiger partial charge is 0.733 e. The summed E-state index contributed by atoms with van der Waals surface area (Å²) < 4.78 is 69.7. The first-order chi connectivity index (χ1) is 29.6. The molecule has 0 spiro atoms. The summed E-state index contributed by atoms with van der Waals surface area (Å²) in [6.45, 7) is 6.98. The third-order valence-corrected chi connectivity index (χ3v) is 9.40. The van der Waals surface area contributed by atoms with Crippen LogP contribution in [0.3, 0.4) is 0 Å². The molecule has 4 N–H and O–H groups in total. The van der Waals surface area contributed by atoms with E-state index in [0.717, 1.165) is 48.5 Å². The van der Waals surface area contributed by atoms with Crippen molar-refractivity contribution in [1.82, 2.24) is 5.32 Å². The van der Waals surface area contributed by atoms with Crippen molar-refractivity contribution in [3.8, 4) is 5.75 Å². The number of nitrogens with zero attached hydrogens (tertiary/aromatic N) is 1. The zero-order valence-electron chi connectivity index (χ0n) is 35.3. The van der Waals surface area contributed by atoms with Crippen LogP contribution in [0.1, 0.15) is 55.4 Å². The number of aliphatic hydroxyl groups is 2. The summed E-state index contributed by atoms with van der Waals surface area (Å²) in [7, 11) is 0. The molecule has 0 bridgehead atoms. The number of amides is 1. The summed E-state index contributed by atoms with van der Waals surface area (Å²) >= 11 is 0. The topological polar surface area (TPSA) is 329 Å². The van der Waals surface area contributed by atoms with Crippen LogP contribution in [0.2, 0.25) is 0 Å². The molecule has 1 amide bonds. The van der Waals surface area contributed by atoms with E-state index in [1.54, 1.807) is 0 Å². The summed E-state index contributed by atoms with van der Waals surface area (Å²) in [4.78, 5) is 87.4. The number of hydrogen-bond donors (Lipinski definition) is 4. The zero-order chi connectivity index (χ0) is 46.9. The second kappa shape index (κ2) is 22.4. The van der Waals surface area contributed by atoms with Gasteiger partial charge in [0, 0.05) is 48.5 Å². The number of esters is 6. The highest BCUT2D eigenvalue weighted by Crippen LogP contribution is 2.38. The molecule has 3 fully saturated rings. The molecule has 0 saturated carbocycles. The van der Waals surface area contributed by atoms with E-state index >= 15 is 0 Å². The Balaban J connectivity index is 1.91. The molecule has 15 unspecified atom stereocenters. The Bertz CT molecular complexity index is 1800. The first-order valence-corrected chi connectivity index (χ1v) is 19.4. The SMILES string of the molecule is CC(=O)NC1C(Oc2ccccc2N([O-])O)OC(CO)C(O)C1OC1OC(COC(C)=O)C(OC(C)=O)C(OC(C)=O)C1OC1OC(C)C(OC(C)=O)C(OC(C)=O)C1OC(C)=O. The smallest absolute Gasteiger partial charge is 0.303 e. The molecule has 25 heteroatoms. The van der Waals surface area contributed by atoms with Gasteiger partial charge in [-0.25, -0.2) is 0 Å². The number of anilines is 1.